The maximum Gasteiger partial charge on any atom is 0.341 e. The standard InChI is InChI=1S/C27H38O5/c1-8-27(9-2,21-11-13-23(19(4)15-21)32-17-25(29)30)20-10-12-22(18(3)14-20)31-16-24(28)26(5,6)7/h10-15,24,28H,8-9,16-17H2,1-7H3,(H,29,30)/t24-/m0/s1. The van der Waals surface area contributed by atoms with Crippen LogP contribution in [-0.4, -0.2) is 35.5 Å². The Morgan fingerprint density at radius 3 is 1.75 bits per heavy atom. The third-order valence-electron chi connectivity index (χ3n) is 6.41. The molecule has 0 spiro atoms. The van der Waals surface area contributed by atoms with Crippen LogP contribution in [0, 0.1) is 19.3 Å². The third kappa shape index (κ3) is 5.83. The first-order valence-corrected chi connectivity index (χ1v) is 11.3. The van der Waals surface area contributed by atoms with Gasteiger partial charge in [-0.3, -0.25) is 0 Å². The number of benzene rings is 2. The Morgan fingerprint density at radius 1 is 0.906 bits per heavy atom. The molecular weight excluding hydrogens is 404 g/mol. The number of carbonyl (C=O) groups is 1. The second kappa shape index (κ2) is 10.4. The zero-order valence-corrected chi connectivity index (χ0v) is 20.5. The summed E-state index contributed by atoms with van der Waals surface area (Å²) in [6.45, 7) is 14.2. The molecule has 32 heavy (non-hydrogen) atoms. The summed E-state index contributed by atoms with van der Waals surface area (Å²) in [7, 11) is 0. The van der Waals surface area contributed by atoms with Gasteiger partial charge in [0, 0.05) is 5.41 Å². The fourth-order valence-electron chi connectivity index (χ4n) is 4.01. The average molecular weight is 443 g/mol. The fraction of sp³-hybridized carbons (Fsp3) is 0.519. The molecule has 0 aliphatic rings. The predicted molar refractivity (Wildman–Crippen MR) is 128 cm³/mol. The quantitative estimate of drug-likeness (QED) is 0.497. The summed E-state index contributed by atoms with van der Waals surface area (Å²) in [5.41, 5.74) is 3.94. The minimum absolute atomic E-state index is 0.176. The lowest BCUT2D eigenvalue weighted by Gasteiger charge is -2.34. The highest BCUT2D eigenvalue weighted by atomic mass is 16.5. The van der Waals surface area contributed by atoms with Crippen molar-refractivity contribution in [3.8, 4) is 11.5 Å². The van der Waals surface area contributed by atoms with Gasteiger partial charge in [0.05, 0.1) is 6.10 Å². The number of rotatable bonds is 10. The molecule has 5 heteroatoms. The van der Waals surface area contributed by atoms with Crippen molar-refractivity contribution in [2.75, 3.05) is 13.2 Å². The van der Waals surface area contributed by atoms with E-state index in [0.29, 0.717) is 5.75 Å². The Balaban J connectivity index is 2.34. The molecule has 0 aromatic heterocycles. The van der Waals surface area contributed by atoms with Crippen LogP contribution in [0.3, 0.4) is 0 Å². The number of carboxylic acids is 1. The van der Waals surface area contributed by atoms with E-state index in [1.807, 2.05) is 52.8 Å². The van der Waals surface area contributed by atoms with Crippen molar-refractivity contribution >= 4 is 5.97 Å². The molecule has 5 nitrogen and oxygen atoms in total. The van der Waals surface area contributed by atoms with E-state index in [4.69, 9.17) is 14.6 Å². The van der Waals surface area contributed by atoms with Crippen molar-refractivity contribution < 1.29 is 24.5 Å². The lowest BCUT2D eigenvalue weighted by atomic mass is 9.70. The molecule has 0 fully saturated rings. The van der Waals surface area contributed by atoms with Crippen LogP contribution in [0.5, 0.6) is 11.5 Å². The molecular formula is C27H38O5. The van der Waals surface area contributed by atoms with Crippen LogP contribution < -0.4 is 9.47 Å². The summed E-state index contributed by atoms with van der Waals surface area (Å²) in [5.74, 6) is 0.388. The molecule has 2 aromatic rings. The van der Waals surface area contributed by atoms with Crippen molar-refractivity contribution in [3.63, 3.8) is 0 Å². The maximum absolute atomic E-state index is 10.8. The molecule has 0 radical (unpaired) electrons. The van der Waals surface area contributed by atoms with Crippen molar-refractivity contribution in [1.29, 1.82) is 0 Å². The van der Waals surface area contributed by atoms with E-state index in [1.54, 1.807) is 0 Å². The predicted octanol–water partition coefficient (Wildman–Crippen LogP) is 5.66. The highest BCUT2D eigenvalue weighted by molar-refractivity contribution is 5.68. The molecule has 1 atom stereocenters. The SMILES string of the molecule is CCC(CC)(c1ccc(OCC(=O)O)c(C)c1)c1ccc(OC[C@H](O)C(C)(C)C)c(C)c1. The molecule has 0 bridgehead atoms. The Labute approximate surface area is 192 Å². The fourth-order valence-corrected chi connectivity index (χ4v) is 4.01. The van der Waals surface area contributed by atoms with Crippen LogP contribution in [0.4, 0.5) is 0 Å². The van der Waals surface area contributed by atoms with Gasteiger partial charge in [-0.1, -0.05) is 58.9 Å². The van der Waals surface area contributed by atoms with Gasteiger partial charge in [0.2, 0.25) is 0 Å². The molecule has 2 rings (SSSR count). The number of aliphatic hydroxyl groups excluding tert-OH is 1. The van der Waals surface area contributed by atoms with Gasteiger partial charge in [-0.25, -0.2) is 4.79 Å². The Morgan fingerprint density at radius 2 is 1.38 bits per heavy atom. The lowest BCUT2D eigenvalue weighted by molar-refractivity contribution is -0.139. The number of hydrogen-bond donors (Lipinski definition) is 2. The zero-order chi connectivity index (χ0) is 24.1. The monoisotopic (exact) mass is 442 g/mol. The van der Waals surface area contributed by atoms with Crippen LogP contribution >= 0.6 is 0 Å². The van der Waals surface area contributed by atoms with Gasteiger partial charge in [-0.2, -0.15) is 0 Å². The van der Waals surface area contributed by atoms with Crippen molar-refractivity contribution in [3.05, 3.63) is 58.7 Å². The Kier molecular flexibility index (Phi) is 8.35. The first-order valence-electron chi connectivity index (χ1n) is 11.3. The van der Waals surface area contributed by atoms with Gasteiger partial charge in [-0.15, -0.1) is 0 Å². The second-order valence-electron chi connectivity index (χ2n) is 9.63. The molecule has 0 unspecified atom stereocenters. The van der Waals surface area contributed by atoms with Gasteiger partial charge in [0.1, 0.15) is 18.1 Å². The Bertz CT molecular complexity index is 922. The first kappa shape index (κ1) is 25.7. The van der Waals surface area contributed by atoms with Crippen LogP contribution in [0.25, 0.3) is 0 Å². The smallest absolute Gasteiger partial charge is 0.341 e. The van der Waals surface area contributed by atoms with Crippen molar-refractivity contribution in [1.82, 2.24) is 0 Å². The molecule has 0 aliphatic carbocycles. The van der Waals surface area contributed by atoms with Gasteiger partial charge < -0.3 is 19.7 Å². The van der Waals surface area contributed by atoms with E-state index in [9.17, 15) is 9.90 Å². The van der Waals surface area contributed by atoms with E-state index in [1.165, 1.54) is 11.1 Å². The molecule has 2 N–H and O–H groups in total. The molecule has 0 saturated carbocycles. The van der Waals surface area contributed by atoms with Crippen molar-refractivity contribution in [2.45, 2.75) is 72.8 Å². The van der Waals surface area contributed by atoms with E-state index in [2.05, 4.69) is 32.0 Å². The number of carboxylic acid groups (broad SMARTS) is 1. The minimum Gasteiger partial charge on any atom is -0.491 e. The van der Waals surface area contributed by atoms with Crippen LogP contribution in [0.2, 0.25) is 0 Å². The largest absolute Gasteiger partial charge is 0.491 e. The summed E-state index contributed by atoms with van der Waals surface area (Å²) in [4.78, 5) is 10.8. The van der Waals surface area contributed by atoms with E-state index in [-0.39, 0.29) is 24.0 Å². The van der Waals surface area contributed by atoms with E-state index < -0.39 is 12.1 Å². The minimum atomic E-state index is -0.988. The maximum atomic E-state index is 10.8. The summed E-state index contributed by atoms with van der Waals surface area (Å²) in [6.07, 6.45) is 1.29. The summed E-state index contributed by atoms with van der Waals surface area (Å²) < 4.78 is 11.3. The molecule has 0 aliphatic heterocycles. The van der Waals surface area contributed by atoms with Gasteiger partial charge >= 0.3 is 5.97 Å². The van der Waals surface area contributed by atoms with Crippen LogP contribution in [0.1, 0.15) is 69.7 Å². The van der Waals surface area contributed by atoms with Crippen LogP contribution in [-0.2, 0) is 10.2 Å². The average Bonchev–Trinajstić information content (AvgIpc) is 2.72. The highest BCUT2D eigenvalue weighted by Gasteiger charge is 2.32. The molecule has 176 valence electrons. The van der Waals surface area contributed by atoms with E-state index >= 15 is 0 Å². The zero-order valence-electron chi connectivity index (χ0n) is 20.5. The molecule has 0 heterocycles. The number of aliphatic carboxylic acids is 1. The summed E-state index contributed by atoms with van der Waals surface area (Å²) in [5, 5.41) is 19.2. The molecule has 0 amide bonds. The number of hydrogen-bond acceptors (Lipinski definition) is 4. The number of ether oxygens (including phenoxy) is 2. The number of aliphatic hydroxyl groups is 1. The topological polar surface area (TPSA) is 76.0 Å². The van der Waals surface area contributed by atoms with Gasteiger partial charge in [0.15, 0.2) is 6.61 Å². The van der Waals surface area contributed by atoms with Gasteiger partial charge in [-0.05, 0) is 66.5 Å². The van der Waals surface area contributed by atoms with E-state index in [0.717, 1.165) is 29.7 Å². The molecule has 2 aromatic carbocycles. The normalized spacial score (nSPS) is 13.0. The van der Waals surface area contributed by atoms with Crippen molar-refractivity contribution in [2.24, 2.45) is 5.41 Å². The summed E-state index contributed by atoms with van der Waals surface area (Å²) >= 11 is 0. The third-order valence-corrected chi connectivity index (χ3v) is 6.41. The van der Waals surface area contributed by atoms with Crippen LogP contribution in [0.15, 0.2) is 36.4 Å². The molecule has 0 saturated heterocycles. The number of aryl methyl sites for hydroxylation is 2. The lowest BCUT2D eigenvalue weighted by Crippen LogP contribution is -2.32. The Hall–Kier alpha value is -2.53. The summed E-state index contributed by atoms with van der Waals surface area (Å²) in [6, 6.07) is 12.3. The second-order valence-corrected chi connectivity index (χ2v) is 9.63. The first-order chi connectivity index (χ1) is 14.9. The highest BCUT2D eigenvalue weighted by Crippen LogP contribution is 2.41. The van der Waals surface area contributed by atoms with Gasteiger partial charge in [0.25, 0.3) is 0 Å².